The number of rotatable bonds is 0. The fraction of sp³-hybridized carbons (Fsp3) is 0.919. The Labute approximate surface area is 262 Å². The standard InChI is InChI=1S/C37H52N4O3/c42-35-20-9-1-3-11-24(20)38-26-13-5-7-15-28(26)40-33-30-19(17-22(35)31(33)38)18-23-32-34(30)41(37(40)44)29-16-8-6-14-27(29)39(32)25-12-4-2-10-21(25)36(23)43/h19-34H,1-18H2. The molecule has 7 heteroatoms. The van der Waals surface area contributed by atoms with Crippen LogP contribution in [0.3, 0.4) is 0 Å². The summed E-state index contributed by atoms with van der Waals surface area (Å²) in [5, 5.41) is 0. The summed E-state index contributed by atoms with van der Waals surface area (Å²) in [5.74, 6) is 2.44. The van der Waals surface area contributed by atoms with Crippen molar-refractivity contribution in [2.24, 2.45) is 35.5 Å². The van der Waals surface area contributed by atoms with Gasteiger partial charge in [-0.25, -0.2) is 4.79 Å². The Bertz CT molecular complexity index is 1200. The van der Waals surface area contributed by atoms with Crippen molar-refractivity contribution in [1.29, 1.82) is 0 Å². The molecule has 0 bridgehead atoms. The zero-order valence-corrected chi connectivity index (χ0v) is 26.5. The van der Waals surface area contributed by atoms with Gasteiger partial charge in [-0.2, -0.15) is 0 Å². The average Bonchev–Trinajstić information content (AvgIpc) is 3.07. The van der Waals surface area contributed by atoms with Gasteiger partial charge >= 0.3 is 6.03 Å². The highest BCUT2D eigenvalue weighted by atomic mass is 16.2. The molecule has 0 aromatic rings. The van der Waals surface area contributed by atoms with E-state index in [1.807, 2.05) is 0 Å². The van der Waals surface area contributed by atoms with Crippen molar-refractivity contribution in [3.8, 4) is 0 Å². The second kappa shape index (κ2) is 9.33. The minimum absolute atomic E-state index is 0.0603. The molecule has 5 saturated heterocycles. The number of ketones is 2. The number of piperidine rings is 2. The van der Waals surface area contributed by atoms with Gasteiger partial charge < -0.3 is 9.80 Å². The Kier molecular flexibility index (Phi) is 5.63. The molecule has 44 heavy (non-hydrogen) atoms. The molecule has 11 fully saturated rings. The number of piperazine rings is 2. The molecule has 0 aromatic carbocycles. The van der Waals surface area contributed by atoms with Crippen LogP contribution in [0.1, 0.15) is 116 Å². The van der Waals surface area contributed by atoms with Crippen LogP contribution in [0.4, 0.5) is 4.79 Å². The maximum absolute atomic E-state index is 15.4. The topological polar surface area (TPSA) is 64.2 Å². The number of hydrogen-bond acceptors (Lipinski definition) is 5. The Morgan fingerprint density at radius 3 is 1.25 bits per heavy atom. The predicted molar refractivity (Wildman–Crippen MR) is 165 cm³/mol. The third-order valence-electron chi connectivity index (χ3n) is 16.3. The zero-order valence-electron chi connectivity index (χ0n) is 26.5. The number of nitrogens with zero attached hydrogens (tertiary/aromatic N) is 4. The maximum atomic E-state index is 15.4. The molecule has 238 valence electrons. The fourth-order valence-corrected chi connectivity index (χ4v) is 15.2. The summed E-state index contributed by atoms with van der Waals surface area (Å²) >= 11 is 0. The summed E-state index contributed by atoms with van der Waals surface area (Å²) in [6.07, 6.45) is 21.0. The highest BCUT2D eigenvalue weighted by Crippen LogP contribution is 2.63. The molecule has 5 heterocycles. The van der Waals surface area contributed by atoms with Gasteiger partial charge in [0, 0.05) is 77.9 Å². The van der Waals surface area contributed by atoms with E-state index in [4.69, 9.17) is 0 Å². The second-order valence-electron chi connectivity index (χ2n) is 17.5. The second-order valence-corrected chi connectivity index (χ2v) is 17.5. The van der Waals surface area contributed by atoms with Crippen molar-refractivity contribution in [3.63, 3.8) is 0 Å². The average molecular weight is 601 g/mol. The highest BCUT2D eigenvalue weighted by Gasteiger charge is 2.74. The van der Waals surface area contributed by atoms with Crippen molar-refractivity contribution in [2.75, 3.05) is 0 Å². The van der Waals surface area contributed by atoms with Crippen LogP contribution in [-0.2, 0) is 9.59 Å². The van der Waals surface area contributed by atoms with Gasteiger partial charge in [0.1, 0.15) is 11.6 Å². The lowest BCUT2D eigenvalue weighted by Gasteiger charge is -2.76. The van der Waals surface area contributed by atoms with Gasteiger partial charge in [-0.1, -0.05) is 51.4 Å². The quantitative estimate of drug-likeness (QED) is 0.391. The van der Waals surface area contributed by atoms with Crippen LogP contribution in [0.25, 0.3) is 0 Å². The van der Waals surface area contributed by atoms with E-state index >= 15 is 4.79 Å². The summed E-state index contributed by atoms with van der Waals surface area (Å²) in [6.45, 7) is 0. The SMILES string of the molecule is O=C1C2CCCCC2N2C3CCCCC3N3C(=O)N4C5CCCCC5N5C6CCCCC6C(=O)C6CC7CC1C2C3C7C4C65. The molecule has 7 nitrogen and oxygen atoms in total. The van der Waals surface area contributed by atoms with Crippen molar-refractivity contribution in [2.45, 2.75) is 176 Å². The van der Waals surface area contributed by atoms with Crippen LogP contribution in [0.15, 0.2) is 0 Å². The van der Waals surface area contributed by atoms with E-state index in [2.05, 4.69) is 19.6 Å². The molecule has 14 atom stereocenters. The van der Waals surface area contributed by atoms with Gasteiger partial charge in [-0.15, -0.1) is 0 Å². The normalized spacial score (nSPS) is 55.8. The largest absolute Gasteiger partial charge is 0.321 e. The Morgan fingerprint density at radius 2 is 0.795 bits per heavy atom. The summed E-state index contributed by atoms with van der Waals surface area (Å²) < 4.78 is 0. The summed E-state index contributed by atoms with van der Waals surface area (Å²) in [5.41, 5.74) is 0. The lowest BCUT2D eigenvalue weighted by atomic mass is 9.49. The fourth-order valence-electron chi connectivity index (χ4n) is 15.2. The molecule has 0 N–H and O–H groups in total. The lowest BCUT2D eigenvalue weighted by Crippen LogP contribution is -2.90. The molecule has 6 aliphatic carbocycles. The molecule has 0 radical (unpaired) electrons. The third kappa shape index (κ3) is 3.12. The van der Waals surface area contributed by atoms with E-state index in [9.17, 15) is 9.59 Å². The molecule has 2 amide bonds. The predicted octanol–water partition coefficient (Wildman–Crippen LogP) is 5.01. The van der Waals surface area contributed by atoms with Crippen LogP contribution in [0.2, 0.25) is 0 Å². The first-order valence-electron chi connectivity index (χ1n) is 19.4. The number of hydrogen-bond donors (Lipinski definition) is 0. The number of carbonyl (C=O) groups excluding carboxylic acids is 3. The van der Waals surface area contributed by atoms with E-state index in [1.54, 1.807) is 0 Å². The number of fused-ring (bicyclic) bond motifs is 10. The van der Waals surface area contributed by atoms with Crippen LogP contribution in [0, 0.1) is 35.5 Å². The first-order valence-corrected chi connectivity index (χ1v) is 19.4. The van der Waals surface area contributed by atoms with Crippen molar-refractivity contribution in [1.82, 2.24) is 19.6 Å². The minimum atomic E-state index is 0.0603. The highest BCUT2D eigenvalue weighted by molar-refractivity contribution is 5.89. The van der Waals surface area contributed by atoms with Gasteiger partial charge in [0.15, 0.2) is 0 Å². The molecular weight excluding hydrogens is 548 g/mol. The first-order chi connectivity index (χ1) is 21.6. The number of carbonyl (C=O) groups is 3. The van der Waals surface area contributed by atoms with Crippen LogP contribution in [0.5, 0.6) is 0 Å². The van der Waals surface area contributed by atoms with Gasteiger partial charge in [0.2, 0.25) is 0 Å². The molecule has 14 unspecified atom stereocenters. The Balaban J connectivity index is 1.10. The third-order valence-corrected chi connectivity index (χ3v) is 16.3. The van der Waals surface area contributed by atoms with Crippen molar-refractivity contribution >= 4 is 17.6 Å². The number of Topliss-reactive ketones (excluding diaryl/α,β-unsaturated/α-hetero) is 2. The molecule has 11 aliphatic rings. The minimum Gasteiger partial charge on any atom is -0.315 e. The Morgan fingerprint density at radius 1 is 0.409 bits per heavy atom. The van der Waals surface area contributed by atoms with Gasteiger partial charge in [0.25, 0.3) is 0 Å². The number of urea groups is 1. The van der Waals surface area contributed by atoms with Crippen LogP contribution >= 0.6 is 0 Å². The molecular formula is C37H52N4O3. The molecule has 5 aliphatic heterocycles. The summed E-state index contributed by atoms with van der Waals surface area (Å²) in [7, 11) is 0. The molecule has 0 spiro atoms. The van der Waals surface area contributed by atoms with Crippen molar-refractivity contribution in [3.05, 3.63) is 0 Å². The maximum Gasteiger partial charge on any atom is 0.321 e. The smallest absolute Gasteiger partial charge is 0.315 e. The van der Waals surface area contributed by atoms with Gasteiger partial charge in [-0.3, -0.25) is 19.4 Å². The molecule has 0 aromatic heterocycles. The Hall–Kier alpha value is -1.47. The van der Waals surface area contributed by atoms with Crippen molar-refractivity contribution < 1.29 is 14.4 Å². The van der Waals surface area contributed by atoms with E-state index in [1.165, 1.54) is 77.0 Å². The van der Waals surface area contributed by atoms with E-state index < -0.39 is 0 Å². The van der Waals surface area contributed by atoms with Crippen LogP contribution in [-0.4, -0.2) is 97.6 Å². The van der Waals surface area contributed by atoms with Gasteiger partial charge in [-0.05, 0) is 70.1 Å². The van der Waals surface area contributed by atoms with E-state index in [0.29, 0.717) is 65.7 Å². The van der Waals surface area contributed by atoms with E-state index in [-0.39, 0.29) is 47.8 Å². The molecule has 11 rings (SSSR count). The summed E-state index contributed by atoms with van der Waals surface area (Å²) in [4.78, 5) is 55.5. The monoisotopic (exact) mass is 600 g/mol. The molecule has 6 saturated carbocycles. The lowest BCUT2D eigenvalue weighted by molar-refractivity contribution is -0.243. The number of amides is 2. The summed E-state index contributed by atoms with van der Waals surface area (Å²) in [6, 6.07) is 3.37. The van der Waals surface area contributed by atoms with Gasteiger partial charge in [0.05, 0.1) is 12.1 Å². The van der Waals surface area contributed by atoms with Crippen LogP contribution < -0.4 is 0 Å². The zero-order chi connectivity index (χ0) is 29.0. The van der Waals surface area contributed by atoms with E-state index in [0.717, 1.165) is 38.5 Å². The first kappa shape index (κ1) is 26.6.